The average molecular weight is 359 g/mol. The molecule has 4 rings (SSSR count). The molecule has 4 heterocycles. The molecule has 9 heteroatoms. The van der Waals surface area contributed by atoms with Crippen LogP contribution in [0.1, 0.15) is 12.8 Å². The summed E-state index contributed by atoms with van der Waals surface area (Å²) in [7, 11) is 2.04. The maximum absolute atomic E-state index is 12.9. The van der Waals surface area contributed by atoms with Crippen molar-refractivity contribution in [1.82, 2.24) is 30.0 Å². The van der Waals surface area contributed by atoms with Gasteiger partial charge in [0.25, 0.3) is 5.91 Å². The van der Waals surface area contributed by atoms with E-state index in [1.807, 2.05) is 7.05 Å². The molecule has 0 saturated carbocycles. The summed E-state index contributed by atoms with van der Waals surface area (Å²) < 4.78 is 0. The molecule has 3 fully saturated rings. The first-order valence-corrected chi connectivity index (χ1v) is 9.13. The molecule has 3 saturated heterocycles. The van der Waals surface area contributed by atoms with Crippen molar-refractivity contribution in [3.63, 3.8) is 0 Å². The van der Waals surface area contributed by atoms with E-state index in [-0.39, 0.29) is 11.9 Å². The Kier molecular flexibility index (Phi) is 4.49. The first kappa shape index (κ1) is 17.2. The molecule has 0 unspecified atom stereocenters. The van der Waals surface area contributed by atoms with Crippen LogP contribution in [-0.2, 0) is 4.79 Å². The van der Waals surface area contributed by atoms with Gasteiger partial charge in [0.05, 0.1) is 12.9 Å². The monoisotopic (exact) mass is 359 g/mol. The highest BCUT2D eigenvalue weighted by molar-refractivity contribution is 6.07. The Hall–Kier alpha value is -2.26. The third kappa shape index (κ3) is 3.12. The van der Waals surface area contributed by atoms with E-state index in [2.05, 4.69) is 30.0 Å². The smallest absolute Gasteiger partial charge is 0.326 e. The zero-order valence-corrected chi connectivity index (χ0v) is 15.1. The van der Waals surface area contributed by atoms with E-state index < -0.39 is 5.54 Å². The van der Waals surface area contributed by atoms with Crippen molar-refractivity contribution in [2.75, 3.05) is 57.9 Å². The van der Waals surface area contributed by atoms with Gasteiger partial charge in [-0.3, -0.25) is 14.7 Å². The Morgan fingerprint density at radius 1 is 1.08 bits per heavy atom. The quantitative estimate of drug-likeness (QED) is 0.733. The standard InChI is InChI=1S/C17H25N7O2/c1-21-6-2-17(3-7-21)15(25)24(16(26)20-17)13-22-8-10-23(11-9-22)14-12-18-4-5-19-14/h4-5,12H,2-3,6-11,13H2,1H3,(H,20,26). The van der Waals surface area contributed by atoms with E-state index in [4.69, 9.17) is 0 Å². The van der Waals surface area contributed by atoms with E-state index in [1.54, 1.807) is 18.6 Å². The third-order valence-electron chi connectivity index (χ3n) is 5.67. The van der Waals surface area contributed by atoms with Crippen LogP contribution < -0.4 is 10.2 Å². The Bertz CT molecular complexity index is 667. The number of aromatic nitrogens is 2. The number of piperazine rings is 1. The summed E-state index contributed by atoms with van der Waals surface area (Å²) in [5, 5.41) is 2.97. The second-order valence-corrected chi connectivity index (χ2v) is 7.36. The largest absolute Gasteiger partial charge is 0.353 e. The summed E-state index contributed by atoms with van der Waals surface area (Å²) in [6.07, 6.45) is 6.49. The van der Waals surface area contributed by atoms with Crippen LogP contribution in [0.4, 0.5) is 10.6 Å². The lowest BCUT2D eigenvalue weighted by Crippen LogP contribution is -2.55. The molecule has 0 bridgehead atoms. The lowest BCUT2D eigenvalue weighted by molar-refractivity contribution is -0.134. The van der Waals surface area contributed by atoms with Crippen molar-refractivity contribution in [3.8, 4) is 0 Å². The van der Waals surface area contributed by atoms with Crippen molar-refractivity contribution < 1.29 is 9.59 Å². The predicted molar refractivity (Wildman–Crippen MR) is 95.5 cm³/mol. The van der Waals surface area contributed by atoms with Crippen LogP contribution in [0.15, 0.2) is 18.6 Å². The van der Waals surface area contributed by atoms with E-state index in [9.17, 15) is 9.59 Å². The number of anilines is 1. The second-order valence-electron chi connectivity index (χ2n) is 7.36. The number of likely N-dealkylation sites (tertiary alicyclic amines) is 1. The third-order valence-corrected chi connectivity index (χ3v) is 5.67. The number of hydrogen-bond acceptors (Lipinski definition) is 7. The van der Waals surface area contributed by atoms with Gasteiger partial charge in [-0.25, -0.2) is 14.7 Å². The van der Waals surface area contributed by atoms with Crippen LogP contribution in [0.25, 0.3) is 0 Å². The highest BCUT2D eigenvalue weighted by Crippen LogP contribution is 2.29. The van der Waals surface area contributed by atoms with E-state index >= 15 is 0 Å². The number of nitrogens with zero attached hydrogens (tertiary/aromatic N) is 6. The summed E-state index contributed by atoms with van der Waals surface area (Å²) in [5.41, 5.74) is -0.689. The molecule has 3 amide bonds. The summed E-state index contributed by atoms with van der Waals surface area (Å²) in [4.78, 5) is 41.7. The number of rotatable bonds is 3. The highest BCUT2D eigenvalue weighted by Gasteiger charge is 2.52. The number of carbonyl (C=O) groups excluding carboxylic acids is 2. The number of urea groups is 1. The van der Waals surface area contributed by atoms with Crippen LogP contribution in [0.3, 0.4) is 0 Å². The molecule has 9 nitrogen and oxygen atoms in total. The van der Waals surface area contributed by atoms with Crippen molar-refractivity contribution in [3.05, 3.63) is 18.6 Å². The Balaban J connectivity index is 1.35. The molecule has 3 aliphatic heterocycles. The topological polar surface area (TPSA) is 84.9 Å². The number of carbonyl (C=O) groups is 2. The molecule has 1 N–H and O–H groups in total. The Morgan fingerprint density at radius 2 is 1.81 bits per heavy atom. The van der Waals surface area contributed by atoms with Gasteiger partial charge in [0.2, 0.25) is 0 Å². The minimum Gasteiger partial charge on any atom is -0.353 e. The maximum atomic E-state index is 12.9. The molecule has 0 aromatic carbocycles. The van der Waals surface area contributed by atoms with Gasteiger partial charge in [-0.15, -0.1) is 0 Å². The molecule has 140 valence electrons. The van der Waals surface area contributed by atoms with Crippen LogP contribution in [0, 0.1) is 0 Å². The van der Waals surface area contributed by atoms with Gasteiger partial charge >= 0.3 is 6.03 Å². The Labute approximate surface area is 153 Å². The van der Waals surface area contributed by atoms with Crippen LogP contribution in [0.2, 0.25) is 0 Å². The number of imide groups is 1. The first-order chi connectivity index (χ1) is 12.6. The molecular formula is C17H25N7O2. The fourth-order valence-corrected chi connectivity index (χ4v) is 3.92. The van der Waals surface area contributed by atoms with Gasteiger partial charge in [-0.1, -0.05) is 0 Å². The predicted octanol–water partition coefficient (Wildman–Crippen LogP) is -0.428. The summed E-state index contributed by atoms with van der Waals surface area (Å²) >= 11 is 0. The lowest BCUT2D eigenvalue weighted by atomic mass is 9.88. The van der Waals surface area contributed by atoms with Gasteiger partial charge < -0.3 is 15.1 Å². The van der Waals surface area contributed by atoms with Crippen molar-refractivity contribution in [1.29, 1.82) is 0 Å². The normalized spacial score (nSPS) is 24.3. The minimum atomic E-state index is -0.689. The van der Waals surface area contributed by atoms with Crippen LogP contribution in [0.5, 0.6) is 0 Å². The summed E-state index contributed by atoms with van der Waals surface area (Å²) in [6.45, 7) is 5.19. The minimum absolute atomic E-state index is 0.0630. The van der Waals surface area contributed by atoms with Gasteiger partial charge in [0.15, 0.2) is 0 Å². The van der Waals surface area contributed by atoms with Crippen molar-refractivity contribution >= 4 is 17.8 Å². The number of amides is 3. The van der Waals surface area contributed by atoms with E-state index in [0.717, 1.165) is 45.1 Å². The van der Waals surface area contributed by atoms with Gasteiger partial charge in [0.1, 0.15) is 11.4 Å². The molecule has 0 radical (unpaired) electrons. The maximum Gasteiger partial charge on any atom is 0.326 e. The second kappa shape index (κ2) is 6.81. The molecular weight excluding hydrogens is 334 g/mol. The van der Waals surface area contributed by atoms with Crippen LogP contribution >= 0.6 is 0 Å². The number of hydrogen-bond donors (Lipinski definition) is 1. The van der Waals surface area contributed by atoms with Gasteiger partial charge in [0, 0.05) is 51.7 Å². The molecule has 3 aliphatic rings. The molecule has 0 atom stereocenters. The zero-order valence-electron chi connectivity index (χ0n) is 15.1. The number of piperidine rings is 1. The van der Waals surface area contributed by atoms with Crippen LogP contribution in [-0.4, -0.2) is 95.1 Å². The average Bonchev–Trinajstić information content (AvgIpc) is 2.90. The molecule has 1 spiro atoms. The van der Waals surface area contributed by atoms with E-state index in [0.29, 0.717) is 19.5 Å². The number of nitrogens with one attached hydrogen (secondary N) is 1. The van der Waals surface area contributed by atoms with Crippen molar-refractivity contribution in [2.24, 2.45) is 0 Å². The fraction of sp³-hybridized carbons (Fsp3) is 0.647. The summed E-state index contributed by atoms with van der Waals surface area (Å²) in [5.74, 6) is 0.805. The fourth-order valence-electron chi connectivity index (χ4n) is 3.92. The van der Waals surface area contributed by atoms with Gasteiger partial charge in [-0.2, -0.15) is 0 Å². The zero-order chi connectivity index (χ0) is 18.1. The molecule has 1 aromatic rings. The lowest BCUT2D eigenvalue weighted by Gasteiger charge is -2.37. The highest BCUT2D eigenvalue weighted by atomic mass is 16.2. The summed E-state index contributed by atoms with van der Waals surface area (Å²) in [6, 6.07) is -0.254. The van der Waals surface area contributed by atoms with Gasteiger partial charge in [-0.05, 0) is 19.9 Å². The first-order valence-electron chi connectivity index (χ1n) is 9.13. The van der Waals surface area contributed by atoms with Crippen molar-refractivity contribution in [2.45, 2.75) is 18.4 Å². The molecule has 0 aliphatic carbocycles. The Morgan fingerprint density at radius 3 is 2.46 bits per heavy atom. The van der Waals surface area contributed by atoms with E-state index in [1.165, 1.54) is 4.90 Å². The molecule has 1 aromatic heterocycles. The SMILES string of the molecule is CN1CCC2(CC1)NC(=O)N(CN1CCN(c3cnccn3)CC1)C2=O. The molecule has 26 heavy (non-hydrogen) atoms.